The molecule has 1 aliphatic heterocycles. The maximum absolute atomic E-state index is 12.6. The van der Waals surface area contributed by atoms with E-state index in [0.29, 0.717) is 23.9 Å². The normalized spacial score (nSPS) is 14.6. The Morgan fingerprint density at radius 2 is 1.59 bits per heavy atom. The van der Waals surface area contributed by atoms with Crippen molar-refractivity contribution in [2.24, 2.45) is 5.92 Å². The third kappa shape index (κ3) is 33.2. The summed E-state index contributed by atoms with van der Waals surface area (Å²) in [6.45, 7) is 22.5. The number of likely N-dealkylation sites (N-methyl/N-ethyl adjacent to an activating group) is 1. The van der Waals surface area contributed by atoms with Gasteiger partial charge < -0.3 is 46.0 Å². The molecule has 4 atom stereocenters. The molecule has 2 heterocycles. The predicted octanol–water partition coefficient (Wildman–Crippen LogP) is 5.00. The van der Waals surface area contributed by atoms with E-state index >= 15 is 0 Å². The number of aliphatic hydroxyl groups is 1. The van der Waals surface area contributed by atoms with Gasteiger partial charge in [-0.05, 0) is 85.1 Å². The highest BCUT2D eigenvalue weighted by atomic mass is 32.1. The van der Waals surface area contributed by atoms with Crippen LogP contribution >= 0.6 is 11.3 Å². The number of aldehydes is 2. The number of nitrogens with one attached hydrogen (secondary N) is 5. The fourth-order valence-electron chi connectivity index (χ4n) is 4.01. The van der Waals surface area contributed by atoms with E-state index < -0.39 is 41.7 Å². The smallest absolute Gasteiger partial charge is 0.408 e. The van der Waals surface area contributed by atoms with Crippen LogP contribution in [0.15, 0.2) is 17.5 Å². The molecule has 0 spiro atoms. The number of amides is 4. The zero-order chi connectivity index (χ0) is 42.7. The zero-order valence-electron chi connectivity index (χ0n) is 35.8. The minimum atomic E-state index is -1.48. The highest BCUT2D eigenvalue weighted by molar-refractivity contribution is 7.10. The van der Waals surface area contributed by atoms with Gasteiger partial charge in [-0.2, -0.15) is 0 Å². The molecule has 0 aromatic carbocycles. The van der Waals surface area contributed by atoms with Crippen molar-refractivity contribution in [3.63, 3.8) is 0 Å². The van der Waals surface area contributed by atoms with Crippen LogP contribution in [0.1, 0.15) is 126 Å². The van der Waals surface area contributed by atoms with E-state index in [1.54, 1.807) is 38.3 Å². The number of carbonyl (C=O) groups is 6. The van der Waals surface area contributed by atoms with Gasteiger partial charge in [-0.3, -0.25) is 19.3 Å². The van der Waals surface area contributed by atoms with Crippen molar-refractivity contribution >= 4 is 47.7 Å². The van der Waals surface area contributed by atoms with Crippen LogP contribution in [0, 0.1) is 5.92 Å². The maximum Gasteiger partial charge on any atom is 0.408 e. The molecule has 1 aromatic rings. The fraction of sp³-hybridized carbons (Fsp3) is 0.744. The van der Waals surface area contributed by atoms with E-state index in [1.807, 2.05) is 46.8 Å². The second-order valence-electron chi connectivity index (χ2n) is 13.7. The first-order valence-electron chi connectivity index (χ1n) is 19.1. The maximum atomic E-state index is 12.6. The van der Waals surface area contributed by atoms with Gasteiger partial charge in [-0.1, -0.05) is 80.7 Å². The van der Waals surface area contributed by atoms with Crippen molar-refractivity contribution in [1.29, 1.82) is 0 Å². The first kappa shape index (κ1) is 57.3. The Hall–Kier alpha value is -3.40. The van der Waals surface area contributed by atoms with Crippen LogP contribution in [0.2, 0.25) is 0 Å². The molecule has 1 aromatic heterocycles. The summed E-state index contributed by atoms with van der Waals surface area (Å²) in [5.74, 6) is -0.654. The van der Waals surface area contributed by atoms with Gasteiger partial charge in [-0.15, -0.1) is 11.3 Å². The first-order chi connectivity index (χ1) is 25.4. The molecule has 1 aliphatic rings. The SMILES string of the molecule is CC.CC(C)(C)OC(=O)NCC=O.CC(C)C.CCC.CCCCC(NC(=O)C1CCCN1C)C(O)C(=O)NCC(=O)NC(C=O)c1cccs1.CNC. The van der Waals surface area contributed by atoms with E-state index in [0.717, 1.165) is 38.1 Å². The second-order valence-corrected chi connectivity index (χ2v) is 14.7. The molecule has 6 N–H and O–H groups in total. The van der Waals surface area contributed by atoms with E-state index in [1.165, 1.54) is 17.8 Å². The lowest BCUT2D eigenvalue weighted by atomic mass is 10.0. The Bertz CT molecular complexity index is 1090. The van der Waals surface area contributed by atoms with E-state index in [-0.39, 0.29) is 25.0 Å². The highest BCUT2D eigenvalue weighted by Crippen LogP contribution is 2.17. The van der Waals surface area contributed by atoms with Gasteiger partial charge in [0, 0.05) is 4.88 Å². The molecule has 15 heteroatoms. The number of nitrogens with zero attached hydrogens (tertiary/aromatic N) is 1. The summed E-state index contributed by atoms with van der Waals surface area (Å²) in [6, 6.07) is 1.72. The Morgan fingerprint density at radius 1 is 1.04 bits per heavy atom. The minimum absolute atomic E-state index is 0.00505. The summed E-state index contributed by atoms with van der Waals surface area (Å²) in [6.07, 6.45) is 4.14. The van der Waals surface area contributed by atoms with Crippen molar-refractivity contribution in [3.05, 3.63) is 22.4 Å². The molecular formula is C39H76N6O8S. The molecule has 14 nitrogen and oxygen atoms in total. The fourth-order valence-corrected chi connectivity index (χ4v) is 4.74. The molecule has 4 amide bonds. The number of rotatable bonds is 14. The van der Waals surface area contributed by atoms with Crippen molar-refractivity contribution < 1.29 is 38.6 Å². The highest BCUT2D eigenvalue weighted by Gasteiger charge is 2.33. The van der Waals surface area contributed by atoms with Crippen LogP contribution in [0.25, 0.3) is 0 Å². The van der Waals surface area contributed by atoms with E-state index in [9.17, 15) is 33.9 Å². The Labute approximate surface area is 330 Å². The summed E-state index contributed by atoms with van der Waals surface area (Å²) < 4.78 is 4.83. The molecule has 54 heavy (non-hydrogen) atoms. The van der Waals surface area contributed by atoms with Crippen LogP contribution < -0.4 is 26.6 Å². The average molecular weight is 789 g/mol. The molecule has 0 aliphatic carbocycles. The predicted molar refractivity (Wildman–Crippen MR) is 221 cm³/mol. The largest absolute Gasteiger partial charge is 0.444 e. The minimum Gasteiger partial charge on any atom is -0.444 e. The first-order valence-corrected chi connectivity index (χ1v) is 20.0. The molecule has 316 valence electrons. The number of thiophene rings is 1. The summed E-state index contributed by atoms with van der Waals surface area (Å²) in [5, 5.41) is 25.1. The number of aliphatic hydroxyl groups excluding tert-OH is 1. The molecule has 0 saturated carbocycles. The number of carbonyl (C=O) groups excluding carboxylic acids is 6. The van der Waals surface area contributed by atoms with Crippen LogP contribution in [-0.2, 0) is 28.7 Å². The number of ether oxygens (including phenoxy) is 1. The molecular weight excluding hydrogens is 713 g/mol. The van der Waals surface area contributed by atoms with Crippen LogP contribution in [0.5, 0.6) is 0 Å². The van der Waals surface area contributed by atoms with Gasteiger partial charge in [0.1, 0.15) is 24.2 Å². The molecule has 0 bridgehead atoms. The van der Waals surface area contributed by atoms with Gasteiger partial charge in [-0.25, -0.2) is 4.79 Å². The third-order valence-corrected chi connectivity index (χ3v) is 7.08. The molecule has 2 rings (SSSR count). The van der Waals surface area contributed by atoms with Crippen molar-refractivity contribution in [2.75, 3.05) is 40.8 Å². The number of hydrogen-bond acceptors (Lipinski definition) is 11. The topological polar surface area (TPSA) is 195 Å². The summed E-state index contributed by atoms with van der Waals surface area (Å²) >= 11 is 1.34. The Kier molecular flexibility index (Phi) is 38.8. The van der Waals surface area contributed by atoms with Gasteiger partial charge in [0.15, 0.2) is 6.10 Å². The van der Waals surface area contributed by atoms with Crippen molar-refractivity contribution in [3.8, 4) is 0 Å². The van der Waals surface area contributed by atoms with Crippen molar-refractivity contribution in [1.82, 2.24) is 31.5 Å². The molecule has 1 saturated heterocycles. The lowest BCUT2D eigenvalue weighted by molar-refractivity contribution is -0.135. The zero-order valence-corrected chi connectivity index (χ0v) is 36.6. The van der Waals surface area contributed by atoms with Crippen LogP contribution in [0.4, 0.5) is 4.79 Å². The molecule has 0 radical (unpaired) electrons. The van der Waals surface area contributed by atoms with Gasteiger partial charge in [0.2, 0.25) is 11.8 Å². The number of hydrogen-bond donors (Lipinski definition) is 6. The monoisotopic (exact) mass is 789 g/mol. The summed E-state index contributed by atoms with van der Waals surface area (Å²) in [5.41, 5.74) is -0.507. The summed E-state index contributed by atoms with van der Waals surface area (Å²) in [4.78, 5) is 71.6. The average Bonchev–Trinajstić information content (AvgIpc) is 3.80. The Morgan fingerprint density at radius 3 is 2.00 bits per heavy atom. The molecule has 4 unspecified atom stereocenters. The lowest BCUT2D eigenvalue weighted by Gasteiger charge is -2.27. The number of unbranched alkanes of at least 4 members (excludes halogenated alkanes) is 1. The Balaban J connectivity index is -0.000000445. The summed E-state index contributed by atoms with van der Waals surface area (Å²) in [7, 11) is 5.63. The number of likely N-dealkylation sites (tertiary alicyclic amines) is 1. The third-order valence-electron chi connectivity index (χ3n) is 6.12. The van der Waals surface area contributed by atoms with Gasteiger partial charge in [0.05, 0.1) is 25.2 Å². The van der Waals surface area contributed by atoms with Crippen molar-refractivity contribution in [2.45, 2.75) is 145 Å². The second kappa shape index (κ2) is 36.6. The van der Waals surface area contributed by atoms with Crippen LogP contribution in [-0.4, -0.2) is 111 Å². The van der Waals surface area contributed by atoms with E-state index in [2.05, 4.69) is 61.2 Å². The molecule has 1 fully saturated rings. The number of alkyl carbamates (subject to hydrolysis) is 1. The van der Waals surface area contributed by atoms with Gasteiger partial charge in [0.25, 0.3) is 5.91 Å². The van der Waals surface area contributed by atoms with Crippen LogP contribution in [0.3, 0.4) is 0 Å². The quantitative estimate of drug-likeness (QED) is 0.140. The van der Waals surface area contributed by atoms with Gasteiger partial charge >= 0.3 is 6.09 Å². The standard InChI is InChI=1S/C21H32N4O5S.C7H13NO3.C4H10.C3H8.C2H7N.C2H6/c1-3-4-7-14(24-20(29)16-8-5-10-25(16)2)19(28)21(30)22-12-18(27)23-15(13-26)17-9-6-11-31-17;1-7(2,3)11-6(10)8-4-5-9;1-4(2)3;2*1-3-2;1-2/h6,9,11,13-16,19,28H,3-5,7-8,10,12H2,1-2H3,(H,22,30)(H,23,27)(H,24,29);5H,4H2,1-3H3,(H,8,10);4H,1-3H3;3H2,1-2H3;3H,1-2H3;1-2H3. The lowest BCUT2D eigenvalue weighted by Crippen LogP contribution is -2.54. The van der Waals surface area contributed by atoms with E-state index in [4.69, 9.17) is 4.74 Å².